The van der Waals surface area contributed by atoms with Crippen LogP contribution in [0.15, 0.2) is 18.2 Å². The Morgan fingerprint density at radius 2 is 2.19 bits per heavy atom. The molecule has 1 atom stereocenters. The van der Waals surface area contributed by atoms with Gasteiger partial charge in [-0.25, -0.2) is 0 Å². The average Bonchev–Trinajstić information content (AvgIpc) is 2.96. The van der Waals surface area contributed by atoms with Crippen molar-refractivity contribution in [1.82, 2.24) is 5.32 Å². The van der Waals surface area contributed by atoms with Crippen molar-refractivity contribution in [3.8, 4) is 11.5 Å². The highest BCUT2D eigenvalue weighted by atomic mass is 16.7. The van der Waals surface area contributed by atoms with E-state index in [2.05, 4.69) is 12.2 Å². The van der Waals surface area contributed by atoms with E-state index in [9.17, 15) is 4.79 Å². The van der Waals surface area contributed by atoms with Gasteiger partial charge in [0, 0.05) is 19.6 Å². The number of amides is 1. The monoisotopic (exact) mass is 293 g/mol. The number of rotatable bonds is 8. The second kappa shape index (κ2) is 7.88. The molecule has 0 aliphatic carbocycles. The highest BCUT2D eigenvalue weighted by molar-refractivity contribution is 5.76. The number of fused-ring (bicyclic) bond motifs is 1. The molecule has 1 aromatic rings. The first-order valence-electron chi connectivity index (χ1n) is 7.49. The van der Waals surface area contributed by atoms with Gasteiger partial charge in [-0.15, -0.1) is 0 Å². The summed E-state index contributed by atoms with van der Waals surface area (Å²) in [6, 6.07) is 5.77. The summed E-state index contributed by atoms with van der Waals surface area (Å²) < 4.78 is 10.6. The molecule has 1 aromatic carbocycles. The Balaban J connectivity index is 1.73. The fourth-order valence-electron chi connectivity index (χ4n) is 2.33. The number of hydrogen-bond acceptors (Lipinski definition) is 4. The largest absolute Gasteiger partial charge is 0.454 e. The number of nitrogens with one attached hydrogen (secondary N) is 1. The zero-order chi connectivity index (χ0) is 15.1. The van der Waals surface area contributed by atoms with E-state index in [0.29, 0.717) is 25.3 Å². The van der Waals surface area contributed by atoms with Gasteiger partial charge in [-0.1, -0.05) is 19.4 Å². The highest BCUT2D eigenvalue weighted by Gasteiger charge is 2.14. The van der Waals surface area contributed by atoms with Crippen LogP contribution in [0.1, 0.15) is 31.7 Å². The summed E-state index contributed by atoms with van der Waals surface area (Å²) in [6.45, 7) is 3.14. The van der Waals surface area contributed by atoms with Gasteiger partial charge in [0.1, 0.15) is 0 Å². The number of aryl methyl sites for hydroxylation is 1. The first kappa shape index (κ1) is 15.6. The third-order valence-electron chi connectivity index (χ3n) is 3.78. The fourth-order valence-corrected chi connectivity index (χ4v) is 2.33. The molecule has 1 amide bonds. The fraction of sp³-hybridized carbons (Fsp3) is 0.562. The number of carbonyl (C=O) groups is 1. The Morgan fingerprint density at radius 1 is 1.38 bits per heavy atom. The molecule has 5 heteroatoms. The van der Waals surface area contributed by atoms with E-state index in [-0.39, 0.29) is 19.3 Å². The molecule has 1 aliphatic rings. The Morgan fingerprint density at radius 3 is 2.95 bits per heavy atom. The molecule has 5 nitrogen and oxygen atoms in total. The SMILES string of the molecule is CCC(CCO)CNC(=O)CCc1ccc2c(c1)OCO2. The van der Waals surface area contributed by atoms with Crippen molar-refractivity contribution in [1.29, 1.82) is 0 Å². The Labute approximate surface area is 125 Å². The molecule has 0 fully saturated rings. The lowest BCUT2D eigenvalue weighted by molar-refractivity contribution is -0.121. The molecule has 2 N–H and O–H groups in total. The van der Waals surface area contributed by atoms with Crippen molar-refractivity contribution in [3.05, 3.63) is 23.8 Å². The summed E-state index contributed by atoms with van der Waals surface area (Å²) >= 11 is 0. The third-order valence-corrected chi connectivity index (χ3v) is 3.78. The molecule has 0 radical (unpaired) electrons. The van der Waals surface area contributed by atoms with Gasteiger partial charge in [-0.2, -0.15) is 0 Å². The minimum absolute atomic E-state index is 0.0454. The summed E-state index contributed by atoms with van der Waals surface area (Å²) in [7, 11) is 0. The molecule has 21 heavy (non-hydrogen) atoms. The van der Waals surface area contributed by atoms with E-state index in [0.717, 1.165) is 29.9 Å². The lowest BCUT2D eigenvalue weighted by Gasteiger charge is -2.14. The molecule has 0 saturated heterocycles. The molecule has 0 spiro atoms. The summed E-state index contributed by atoms with van der Waals surface area (Å²) in [5.41, 5.74) is 1.07. The summed E-state index contributed by atoms with van der Waals surface area (Å²) in [6.07, 6.45) is 2.83. The number of aliphatic hydroxyl groups excluding tert-OH is 1. The molecule has 116 valence electrons. The topological polar surface area (TPSA) is 67.8 Å². The molecule has 1 unspecified atom stereocenters. The van der Waals surface area contributed by atoms with Gasteiger partial charge in [0.2, 0.25) is 12.7 Å². The van der Waals surface area contributed by atoms with Crippen LogP contribution in [0.25, 0.3) is 0 Å². The van der Waals surface area contributed by atoms with Gasteiger partial charge in [-0.3, -0.25) is 4.79 Å². The summed E-state index contributed by atoms with van der Waals surface area (Å²) in [5, 5.41) is 11.9. The zero-order valence-electron chi connectivity index (χ0n) is 12.4. The lowest BCUT2D eigenvalue weighted by Crippen LogP contribution is -2.29. The Kier molecular flexibility index (Phi) is 5.87. The second-order valence-corrected chi connectivity index (χ2v) is 5.28. The van der Waals surface area contributed by atoms with Gasteiger partial charge >= 0.3 is 0 Å². The Bertz CT molecular complexity index is 475. The van der Waals surface area contributed by atoms with E-state index in [1.807, 2.05) is 18.2 Å². The van der Waals surface area contributed by atoms with Gasteiger partial charge in [0.05, 0.1) is 0 Å². The van der Waals surface area contributed by atoms with Crippen molar-refractivity contribution in [3.63, 3.8) is 0 Å². The van der Waals surface area contributed by atoms with Crippen LogP contribution in [-0.4, -0.2) is 31.0 Å². The molecule has 1 heterocycles. The van der Waals surface area contributed by atoms with Crippen LogP contribution < -0.4 is 14.8 Å². The molecule has 2 rings (SSSR count). The molecule has 0 saturated carbocycles. The standard InChI is InChI=1S/C16H23NO4/c1-2-12(7-8-18)10-17-16(19)6-4-13-3-5-14-15(9-13)21-11-20-14/h3,5,9,12,18H,2,4,6-8,10-11H2,1H3,(H,17,19). The van der Waals surface area contributed by atoms with Crippen LogP contribution in [0.4, 0.5) is 0 Å². The van der Waals surface area contributed by atoms with Crippen molar-refractivity contribution in [2.75, 3.05) is 19.9 Å². The minimum atomic E-state index is 0.0454. The summed E-state index contributed by atoms with van der Waals surface area (Å²) in [5.74, 6) is 1.91. The van der Waals surface area contributed by atoms with Gasteiger partial charge in [0.25, 0.3) is 0 Å². The average molecular weight is 293 g/mol. The number of aliphatic hydroxyl groups is 1. The van der Waals surface area contributed by atoms with Crippen LogP contribution >= 0.6 is 0 Å². The van der Waals surface area contributed by atoms with E-state index >= 15 is 0 Å². The first-order chi connectivity index (χ1) is 10.2. The highest BCUT2D eigenvalue weighted by Crippen LogP contribution is 2.32. The molecule has 1 aliphatic heterocycles. The van der Waals surface area contributed by atoms with Gasteiger partial charge in [0.15, 0.2) is 11.5 Å². The summed E-state index contributed by atoms with van der Waals surface area (Å²) in [4.78, 5) is 11.8. The van der Waals surface area contributed by atoms with E-state index < -0.39 is 0 Å². The van der Waals surface area contributed by atoms with Gasteiger partial charge < -0.3 is 19.9 Å². The van der Waals surface area contributed by atoms with Crippen molar-refractivity contribution < 1.29 is 19.4 Å². The van der Waals surface area contributed by atoms with E-state index in [1.54, 1.807) is 0 Å². The molecule has 0 aromatic heterocycles. The molecular formula is C16H23NO4. The second-order valence-electron chi connectivity index (χ2n) is 5.28. The van der Waals surface area contributed by atoms with E-state index in [4.69, 9.17) is 14.6 Å². The zero-order valence-corrected chi connectivity index (χ0v) is 12.4. The number of hydrogen-bond donors (Lipinski definition) is 2. The van der Waals surface area contributed by atoms with Crippen LogP contribution in [0, 0.1) is 5.92 Å². The number of benzene rings is 1. The van der Waals surface area contributed by atoms with Crippen LogP contribution in [0.5, 0.6) is 11.5 Å². The van der Waals surface area contributed by atoms with Crippen molar-refractivity contribution in [2.45, 2.75) is 32.6 Å². The third kappa shape index (κ3) is 4.63. The maximum Gasteiger partial charge on any atom is 0.231 e. The molecular weight excluding hydrogens is 270 g/mol. The molecule has 0 bridgehead atoms. The maximum absolute atomic E-state index is 11.8. The smallest absolute Gasteiger partial charge is 0.231 e. The van der Waals surface area contributed by atoms with E-state index in [1.165, 1.54) is 0 Å². The predicted octanol–water partition coefficient (Wildman–Crippen LogP) is 1.87. The minimum Gasteiger partial charge on any atom is -0.454 e. The normalized spacial score (nSPS) is 14.0. The number of carbonyl (C=O) groups excluding carboxylic acids is 1. The number of ether oxygens (including phenoxy) is 2. The quantitative estimate of drug-likeness (QED) is 0.768. The van der Waals surface area contributed by atoms with Crippen LogP contribution in [0.2, 0.25) is 0 Å². The lowest BCUT2D eigenvalue weighted by atomic mass is 10.0. The van der Waals surface area contributed by atoms with Gasteiger partial charge in [-0.05, 0) is 36.5 Å². The Hall–Kier alpha value is -1.75. The van der Waals surface area contributed by atoms with Crippen molar-refractivity contribution in [2.24, 2.45) is 5.92 Å². The predicted molar refractivity (Wildman–Crippen MR) is 79.4 cm³/mol. The van der Waals surface area contributed by atoms with Crippen LogP contribution in [0.3, 0.4) is 0 Å². The maximum atomic E-state index is 11.8. The first-order valence-corrected chi connectivity index (χ1v) is 7.49. The van der Waals surface area contributed by atoms with Crippen molar-refractivity contribution >= 4 is 5.91 Å². The van der Waals surface area contributed by atoms with Crippen LogP contribution in [-0.2, 0) is 11.2 Å².